The number of amides is 1. The number of likely N-dealkylation sites (tertiary alicyclic amines) is 1. The Morgan fingerprint density at radius 3 is 2.88 bits per heavy atom. The van der Waals surface area contributed by atoms with Crippen molar-refractivity contribution in [2.45, 2.75) is 32.8 Å². The molecule has 1 aliphatic rings. The minimum Gasteiger partial charge on any atom is -0.487 e. The third kappa shape index (κ3) is 3.24. The summed E-state index contributed by atoms with van der Waals surface area (Å²) in [5.74, 6) is 0.631. The Balaban J connectivity index is 1.73. The number of aromatic nitrogens is 3. The molecule has 0 saturated carbocycles. The fourth-order valence-electron chi connectivity index (χ4n) is 3.10. The van der Waals surface area contributed by atoms with Gasteiger partial charge in [-0.05, 0) is 26.7 Å². The minimum absolute atomic E-state index is 0.0206. The number of hydrogen-bond acceptors (Lipinski definition) is 4. The molecule has 1 saturated heterocycles. The minimum atomic E-state index is -0.0696. The predicted molar refractivity (Wildman–Crippen MR) is 91.5 cm³/mol. The van der Waals surface area contributed by atoms with Crippen molar-refractivity contribution in [2.75, 3.05) is 13.1 Å². The standard InChI is InChI=1S/C17H21ClN4O2/c1-11-16(12(2)21(3)20-11)17(23)22-8-4-5-13(10-22)24-15-6-7-19-9-14(15)18/h6-7,9,13H,4-5,8,10H2,1-3H3. The van der Waals surface area contributed by atoms with E-state index in [9.17, 15) is 4.79 Å². The van der Waals surface area contributed by atoms with Gasteiger partial charge in [-0.1, -0.05) is 11.6 Å². The molecule has 7 heteroatoms. The van der Waals surface area contributed by atoms with Gasteiger partial charge in [-0.3, -0.25) is 14.5 Å². The third-order valence-electron chi connectivity index (χ3n) is 4.42. The number of hydrogen-bond donors (Lipinski definition) is 0. The summed E-state index contributed by atoms with van der Waals surface area (Å²) >= 11 is 6.10. The molecule has 0 aliphatic carbocycles. The highest BCUT2D eigenvalue weighted by Gasteiger charge is 2.29. The molecular weight excluding hydrogens is 328 g/mol. The molecule has 1 aliphatic heterocycles. The second-order valence-corrected chi connectivity index (χ2v) is 6.52. The van der Waals surface area contributed by atoms with Crippen molar-refractivity contribution in [3.8, 4) is 5.75 Å². The maximum atomic E-state index is 12.9. The summed E-state index contributed by atoms with van der Waals surface area (Å²) in [7, 11) is 1.85. The number of piperidine rings is 1. The third-order valence-corrected chi connectivity index (χ3v) is 4.70. The van der Waals surface area contributed by atoms with Crippen molar-refractivity contribution in [2.24, 2.45) is 7.05 Å². The Hall–Kier alpha value is -2.08. The molecular formula is C17H21ClN4O2. The first kappa shape index (κ1) is 16.8. The van der Waals surface area contributed by atoms with Gasteiger partial charge in [0, 0.05) is 37.7 Å². The van der Waals surface area contributed by atoms with E-state index >= 15 is 0 Å². The maximum Gasteiger partial charge on any atom is 0.257 e. The zero-order valence-corrected chi connectivity index (χ0v) is 14.9. The molecule has 6 nitrogen and oxygen atoms in total. The van der Waals surface area contributed by atoms with E-state index in [4.69, 9.17) is 16.3 Å². The van der Waals surface area contributed by atoms with Crippen molar-refractivity contribution in [3.63, 3.8) is 0 Å². The van der Waals surface area contributed by atoms with E-state index in [0.717, 1.165) is 30.8 Å². The van der Waals surface area contributed by atoms with Crippen molar-refractivity contribution in [1.29, 1.82) is 0 Å². The van der Waals surface area contributed by atoms with E-state index in [1.165, 1.54) is 0 Å². The molecule has 2 aromatic rings. The summed E-state index contributed by atoms with van der Waals surface area (Å²) in [5.41, 5.74) is 2.35. The number of ether oxygens (including phenoxy) is 1. The van der Waals surface area contributed by atoms with Crippen molar-refractivity contribution in [3.05, 3.63) is 40.4 Å². The van der Waals surface area contributed by atoms with Crippen LogP contribution in [0.15, 0.2) is 18.5 Å². The summed E-state index contributed by atoms with van der Waals surface area (Å²) < 4.78 is 7.73. The normalized spacial score (nSPS) is 17.8. The zero-order chi connectivity index (χ0) is 17.3. The van der Waals surface area contributed by atoms with Gasteiger partial charge < -0.3 is 9.64 Å². The summed E-state index contributed by atoms with van der Waals surface area (Å²) in [6.07, 6.45) is 4.94. The van der Waals surface area contributed by atoms with Crippen LogP contribution < -0.4 is 4.74 Å². The summed E-state index contributed by atoms with van der Waals surface area (Å²) in [5, 5.41) is 4.82. The van der Waals surface area contributed by atoms with Gasteiger partial charge in [-0.25, -0.2) is 0 Å². The Bertz CT molecular complexity index is 759. The van der Waals surface area contributed by atoms with E-state index in [1.807, 2.05) is 25.8 Å². The number of aryl methyl sites for hydroxylation is 2. The largest absolute Gasteiger partial charge is 0.487 e. The molecule has 3 heterocycles. The molecule has 0 aromatic carbocycles. The smallest absolute Gasteiger partial charge is 0.257 e. The first-order valence-corrected chi connectivity index (χ1v) is 8.40. The van der Waals surface area contributed by atoms with Crippen LogP contribution in [0.25, 0.3) is 0 Å². The second kappa shape index (κ2) is 6.81. The first-order chi connectivity index (χ1) is 11.5. The second-order valence-electron chi connectivity index (χ2n) is 6.11. The number of carbonyl (C=O) groups is 1. The zero-order valence-electron chi connectivity index (χ0n) is 14.1. The first-order valence-electron chi connectivity index (χ1n) is 8.03. The van der Waals surface area contributed by atoms with Crippen LogP contribution in [0.2, 0.25) is 5.02 Å². The highest BCUT2D eigenvalue weighted by molar-refractivity contribution is 6.31. The Morgan fingerprint density at radius 2 is 2.21 bits per heavy atom. The Morgan fingerprint density at radius 1 is 1.42 bits per heavy atom. The molecule has 1 amide bonds. The Kier molecular flexibility index (Phi) is 4.76. The molecule has 0 radical (unpaired) electrons. The number of halogens is 1. The van der Waals surface area contributed by atoms with Crippen LogP contribution in [0, 0.1) is 13.8 Å². The van der Waals surface area contributed by atoms with Crippen LogP contribution in [0.4, 0.5) is 0 Å². The average Bonchev–Trinajstić information content (AvgIpc) is 2.82. The van der Waals surface area contributed by atoms with Crippen molar-refractivity contribution < 1.29 is 9.53 Å². The van der Waals surface area contributed by atoms with Gasteiger partial charge in [-0.15, -0.1) is 0 Å². The topological polar surface area (TPSA) is 60.2 Å². The average molecular weight is 349 g/mol. The molecule has 1 unspecified atom stereocenters. The van der Waals surface area contributed by atoms with Crippen LogP contribution in [0.3, 0.4) is 0 Å². The Labute approximate surface area is 146 Å². The van der Waals surface area contributed by atoms with E-state index in [1.54, 1.807) is 23.1 Å². The van der Waals surface area contributed by atoms with E-state index < -0.39 is 0 Å². The lowest BCUT2D eigenvalue weighted by Gasteiger charge is -2.33. The van der Waals surface area contributed by atoms with Gasteiger partial charge in [0.05, 0.1) is 17.8 Å². The SMILES string of the molecule is Cc1nn(C)c(C)c1C(=O)N1CCCC(Oc2ccncc2Cl)C1. The molecule has 3 rings (SSSR count). The van der Waals surface area contributed by atoms with E-state index in [0.29, 0.717) is 22.9 Å². The van der Waals surface area contributed by atoms with Gasteiger partial charge in [0.2, 0.25) is 0 Å². The van der Waals surface area contributed by atoms with Gasteiger partial charge in [0.1, 0.15) is 16.9 Å². The molecule has 1 fully saturated rings. The molecule has 1 atom stereocenters. The summed E-state index contributed by atoms with van der Waals surface area (Å²) in [6, 6.07) is 1.75. The predicted octanol–water partition coefficient (Wildman–Crippen LogP) is 2.77. The lowest BCUT2D eigenvalue weighted by atomic mass is 10.1. The van der Waals surface area contributed by atoms with Gasteiger partial charge >= 0.3 is 0 Å². The van der Waals surface area contributed by atoms with Crippen LogP contribution in [-0.2, 0) is 7.05 Å². The number of rotatable bonds is 3. The molecule has 0 spiro atoms. The monoisotopic (exact) mass is 348 g/mol. The molecule has 0 N–H and O–H groups in total. The number of carbonyl (C=O) groups excluding carboxylic acids is 1. The summed E-state index contributed by atoms with van der Waals surface area (Å²) in [4.78, 5) is 18.7. The van der Waals surface area contributed by atoms with Crippen LogP contribution in [-0.4, -0.2) is 44.8 Å². The van der Waals surface area contributed by atoms with Crippen molar-refractivity contribution >= 4 is 17.5 Å². The molecule has 0 bridgehead atoms. The molecule has 2 aromatic heterocycles. The quantitative estimate of drug-likeness (QED) is 0.855. The van der Waals surface area contributed by atoms with Gasteiger partial charge in [0.15, 0.2) is 0 Å². The highest BCUT2D eigenvalue weighted by atomic mass is 35.5. The van der Waals surface area contributed by atoms with E-state index in [2.05, 4.69) is 10.1 Å². The van der Waals surface area contributed by atoms with Gasteiger partial charge in [0.25, 0.3) is 5.91 Å². The van der Waals surface area contributed by atoms with Crippen LogP contribution in [0.5, 0.6) is 5.75 Å². The number of nitrogens with zero attached hydrogens (tertiary/aromatic N) is 4. The van der Waals surface area contributed by atoms with Crippen LogP contribution in [0.1, 0.15) is 34.6 Å². The lowest BCUT2D eigenvalue weighted by Crippen LogP contribution is -2.44. The molecule has 24 heavy (non-hydrogen) atoms. The number of pyridine rings is 1. The van der Waals surface area contributed by atoms with Crippen molar-refractivity contribution in [1.82, 2.24) is 19.7 Å². The molecule has 128 valence electrons. The summed E-state index contributed by atoms with van der Waals surface area (Å²) in [6.45, 7) is 5.07. The fourth-order valence-corrected chi connectivity index (χ4v) is 3.26. The highest BCUT2D eigenvalue weighted by Crippen LogP contribution is 2.26. The van der Waals surface area contributed by atoms with Crippen LogP contribution >= 0.6 is 11.6 Å². The van der Waals surface area contributed by atoms with Gasteiger partial charge in [-0.2, -0.15) is 5.10 Å². The lowest BCUT2D eigenvalue weighted by molar-refractivity contribution is 0.0536. The van der Waals surface area contributed by atoms with E-state index in [-0.39, 0.29) is 12.0 Å². The maximum absolute atomic E-state index is 12.9. The fraction of sp³-hybridized carbons (Fsp3) is 0.471.